The number of ether oxygens (including phenoxy) is 1. The Morgan fingerprint density at radius 1 is 1.29 bits per heavy atom. The van der Waals surface area contributed by atoms with Crippen molar-refractivity contribution in [3.63, 3.8) is 0 Å². The van der Waals surface area contributed by atoms with Crippen LogP contribution in [-0.2, 0) is 14.8 Å². The van der Waals surface area contributed by atoms with Crippen LogP contribution in [0.15, 0.2) is 28.6 Å². The minimum absolute atomic E-state index is 0.308. The molecule has 0 saturated heterocycles. The van der Waals surface area contributed by atoms with Crippen LogP contribution in [-0.4, -0.2) is 49.2 Å². The highest BCUT2D eigenvalue weighted by molar-refractivity contribution is 8.01. The number of sulfonamides is 1. The van der Waals surface area contributed by atoms with Gasteiger partial charge in [0.2, 0.25) is 15.2 Å². The largest absolute Gasteiger partial charge is 0.481 e. The van der Waals surface area contributed by atoms with Crippen LogP contribution >= 0.6 is 23.1 Å². The smallest absolute Gasteiger partial charge is 0.267 e. The van der Waals surface area contributed by atoms with Crippen molar-refractivity contribution < 1.29 is 17.9 Å². The summed E-state index contributed by atoms with van der Waals surface area (Å²) in [6.07, 6.45) is 0.889. The van der Waals surface area contributed by atoms with E-state index in [1.165, 1.54) is 22.7 Å². The van der Waals surface area contributed by atoms with Crippen molar-refractivity contribution in [1.29, 1.82) is 0 Å². The number of anilines is 2. The molecule has 1 atom stereocenters. The number of aromatic nitrogens is 2. The maximum absolute atomic E-state index is 12.5. The number of thioether (sulfide) groups is 1. The minimum atomic E-state index is -3.34. The first kappa shape index (κ1) is 22.4. The average Bonchev–Trinajstić information content (AvgIpc) is 3.04. The fraction of sp³-hybridized carbons (Fsp3) is 0.471. The minimum Gasteiger partial charge on any atom is -0.481 e. The Balaban J connectivity index is 2.01. The van der Waals surface area contributed by atoms with Crippen molar-refractivity contribution >= 4 is 49.8 Å². The second kappa shape index (κ2) is 9.57. The summed E-state index contributed by atoms with van der Waals surface area (Å²) < 4.78 is 30.9. The average molecular weight is 445 g/mol. The Kier molecular flexibility index (Phi) is 7.67. The maximum atomic E-state index is 12.5. The van der Waals surface area contributed by atoms with Crippen LogP contribution in [0.3, 0.4) is 0 Å². The van der Waals surface area contributed by atoms with Crippen LogP contribution in [0, 0.1) is 0 Å². The molecule has 2 rings (SSSR count). The number of amides is 1. The fourth-order valence-corrected chi connectivity index (χ4v) is 4.59. The molecule has 0 bridgehead atoms. The summed E-state index contributed by atoms with van der Waals surface area (Å²) in [5.41, 5.74) is 0.511. The lowest BCUT2D eigenvalue weighted by molar-refractivity contribution is -0.122. The van der Waals surface area contributed by atoms with Crippen LogP contribution in [0.1, 0.15) is 27.2 Å². The SMILES string of the molecule is CCC(Oc1ccc(N(C)S(C)(=O)=O)cc1)C(=O)Nc1nnc(SC(C)C)s1. The third-order valence-electron chi connectivity index (χ3n) is 3.61. The number of carbonyl (C=O) groups is 1. The molecule has 0 aliphatic rings. The number of hydrogen-bond acceptors (Lipinski definition) is 8. The Morgan fingerprint density at radius 3 is 2.46 bits per heavy atom. The summed E-state index contributed by atoms with van der Waals surface area (Å²) in [4.78, 5) is 12.5. The normalized spacial score (nSPS) is 12.6. The zero-order valence-electron chi connectivity index (χ0n) is 16.4. The number of nitrogens with one attached hydrogen (secondary N) is 1. The van der Waals surface area contributed by atoms with Crippen LogP contribution in [0.25, 0.3) is 0 Å². The van der Waals surface area contributed by atoms with Crippen LogP contribution in [0.5, 0.6) is 5.75 Å². The molecule has 8 nitrogen and oxygen atoms in total. The van der Waals surface area contributed by atoms with Gasteiger partial charge in [0.15, 0.2) is 10.4 Å². The van der Waals surface area contributed by atoms with Crippen LogP contribution in [0.4, 0.5) is 10.8 Å². The van der Waals surface area contributed by atoms with E-state index in [-0.39, 0.29) is 5.91 Å². The predicted molar refractivity (Wildman–Crippen MR) is 114 cm³/mol. The van der Waals surface area contributed by atoms with Gasteiger partial charge >= 0.3 is 0 Å². The summed E-state index contributed by atoms with van der Waals surface area (Å²) in [5.74, 6) is 0.165. The number of hydrogen-bond donors (Lipinski definition) is 1. The molecule has 1 heterocycles. The number of rotatable bonds is 9. The van der Waals surface area contributed by atoms with Crippen molar-refractivity contribution in [2.45, 2.75) is 42.9 Å². The molecule has 0 fully saturated rings. The highest BCUT2D eigenvalue weighted by atomic mass is 32.2. The van der Waals surface area contributed by atoms with Gasteiger partial charge in [-0.2, -0.15) is 0 Å². The molecule has 0 spiro atoms. The summed E-state index contributed by atoms with van der Waals surface area (Å²) in [7, 11) is -1.86. The Morgan fingerprint density at radius 2 is 1.93 bits per heavy atom. The molecule has 154 valence electrons. The van der Waals surface area contributed by atoms with E-state index in [9.17, 15) is 13.2 Å². The predicted octanol–water partition coefficient (Wildman–Crippen LogP) is 3.23. The third kappa shape index (κ3) is 6.35. The first-order valence-electron chi connectivity index (χ1n) is 8.61. The van der Waals surface area contributed by atoms with E-state index < -0.39 is 16.1 Å². The molecular weight excluding hydrogens is 420 g/mol. The summed E-state index contributed by atoms with van der Waals surface area (Å²) in [6, 6.07) is 6.52. The first-order chi connectivity index (χ1) is 13.1. The van der Waals surface area contributed by atoms with Gasteiger partial charge in [-0.15, -0.1) is 10.2 Å². The third-order valence-corrected chi connectivity index (χ3v) is 6.74. The molecule has 2 aromatic rings. The Hall–Kier alpha value is -1.85. The summed E-state index contributed by atoms with van der Waals surface area (Å²) in [6.45, 7) is 5.96. The van der Waals surface area contributed by atoms with Gasteiger partial charge in [-0.05, 0) is 30.7 Å². The van der Waals surface area contributed by atoms with E-state index in [0.29, 0.717) is 28.2 Å². The highest BCUT2D eigenvalue weighted by Crippen LogP contribution is 2.29. The molecule has 1 aromatic carbocycles. The second-order valence-electron chi connectivity index (χ2n) is 6.27. The Labute approximate surface area is 173 Å². The molecule has 1 amide bonds. The molecule has 0 aliphatic heterocycles. The van der Waals surface area contributed by atoms with Crippen molar-refractivity contribution in [3.05, 3.63) is 24.3 Å². The quantitative estimate of drug-likeness (QED) is 0.468. The number of carbonyl (C=O) groups excluding carboxylic acids is 1. The first-order valence-corrected chi connectivity index (χ1v) is 12.2. The fourth-order valence-electron chi connectivity index (χ4n) is 2.11. The molecule has 28 heavy (non-hydrogen) atoms. The lowest BCUT2D eigenvalue weighted by Gasteiger charge is -2.19. The summed E-state index contributed by atoms with van der Waals surface area (Å²) >= 11 is 2.91. The standard InChI is InChI=1S/C17H24N4O4S3/c1-6-14(15(22)18-16-19-20-17(27-16)26-11(2)3)25-13-9-7-12(8-10-13)21(4)28(5,23)24/h7-11,14H,6H2,1-5H3,(H,18,19,22). The lowest BCUT2D eigenvalue weighted by Crippen LogP contribution is -2.32. The lowest BCUT2D eigenvalue weighted by atomic mass is 10.2. The van der Waals surface area contributed by atoms with E-state index in [1.807, 2.05) is 6.92 Å². The van der Waals surface area contributed by atoms with Crippen molar-refractivity contribution in [2.24, 2.45) is 0 Å². The van der Waals surface area contributed by atoms with Gasteiger partial charge in [0.1, 0.15) is 5.75 Å². The van der Waals surface area contributed by atoms with Crippen molar-refractivity contribution in [3.8, 4) is 5.75 Å². The van der Waals surface area contributed by atoms with Gasteiger partial charge < -0.3 is 4.74 Å². The van der Waals surface area contributed by atoms with Gasteiger partial charge in [-0.1, -0.05) is 43.9 Å². The summed E-state index contributed by atoms with van der Waals surface area (Å²) in [5, 5.41) is 11.6. The molecule has 1 aromatic heterocycles. The zero-order chi connectivity index (χ0) is 20.9. The monoisotopic (exact) mass is 444 g/mol. The van der Waals surface area contributed by atoms with Crippen LogP contribution in [0.2, 0.25) is 0 Å². The van der Waals surface area contributed by atoms with Gasteiger partial charge in [0.25, 0.3) is 5.91 Å². The molecule has 0 radical (unpaired) electrons. The van der Waals surface area contributed by atoms with E-state index in [4.69, 9.17) is 4.74 Å². The van der Waals surface area contributed by atoms with E-state index in [0.717, 1.165) is 10.6 Å². The molecule has 11 heteroatoms. The van der Waals surface area contributed by atoms with Gasteiger partial charge in [-0.3, -0.25) is 14.4 Å². The topological polar surface area (TPSA) is 101 Å². The van der Waals surface area contributed by atoms with E-state index in [1.54, 1.807) is 36.0 Å². The van der Waals surface area contributed by atoms with E-state index in [2.05, 4.69) is 29.4 Å². The second-order valence-corrected chi connectivity index (χ2v) is 11.1. The zero-order valence-corrected chi connectivity index (χ0v) is 18.8. The molecule has 0 aliphatic carbocycles. The van der Waals surface area contributed by atoms with Gasteiger partial charge in [0.05, 0.1) is 11.9 Å². The molecule has 0 saturated carbocycles. The van der Waals surface area contributed by atoms with Crippen molar-refractivity contribution in [1.82, 2.24) is 10.2 Å². The van der Waals surface area contributed by atoms with Gasteiger partial charge in [0, 0.05) is 12.3 Å². The molecule has 1 unspecified atom stereocenters. The van der Waals surface area contributed by atoms with Gasteiger partial charge in [-0.25, -0.2) is 8.42 Å². The molecule has 1 N–H and O–H groups in total. The number of nitrogens with zero attached hydrogens (tertiary/aromatic N) is 3. The maximum Gasteiger partial charge on any atom is 0.267 e. The Bertz CT molecular complexity index is 897. The van der Waals surface area contributed by atoms with Crippen molar-refractivity contribution in [2.75, 3.05) is 22.9 Å². The molecular formula is C17H24N4O4S3. The number of benzene rings is 1. The van der Waals surface area contributed by atoms with Crippen LogP contribution < -0.4 is 14.4 Å². The van der Waals surface area contributed by atoms with E-state index >= 15 is 0 Å². The highest BCUT2D eigenvalue weighted by Gasteiger charge is 2.21.